The first-order valence-corrected chi connectivity index (χ1v) is 6.56. The Labute approximate surface area is 97.9 Å². The van der Waals surface area contributed by atoms with Gasteiger partial charge in [0.25, 0.3) is 5.91 Å². The maximum absolute atomic E-state index is 13.1. The van der Waals surface area contributed by atoms with Gasteiger partial charge in [-0.05, 0) is 31.0 Å². The van der Waals surface area contributed by atoms with E-state index in [1.807, 2.05) is 4.72 Å². The van der Waals surface area contributed by atoms with E-state index >= 15 is 0 Å². The quantitative estimate of drug-likeness (QED) is 0.778. The largest absolute Gasteiger partial charge is 0.396 e. The molecule has 1 aromatic carbocycles. The van der Waals surface area contributed by atoms with Crippen LogP contribution in [0, 0.1) is 5.82 Å². The predicted molar refractivity (Wildman–Crippen MR) is 60.2 cm³/mol. The van der Waals surface area contributed by atoms with Crippen LogP contribution < -0.4 is 10.5 Å². The molecule has 1 aromatic rings. The zero-order valence-electron chi connectivity index (χ0n) is 8.81. The first-order chi connectivity index (χ1) is 7.90. The van der Waals surface area contributed by atoms with E-state index < -0.39 is 27.0 Å². The van der Waals surface area contributed by atoms with Gasteiger partial charge in [-0.25, -0.2) is 17.5 Å². The van der Waals surface area contributed by atoms with Crippen molar-refractivity contribution in [2.75, 3.05) is 5.73 Å². The molecular formula is C10H11FN2O3S. The molecule has 0 aromatic heterocycles. The first-order valence-electron chi connectivity index (χ1n) is 5.01. The molecule has 1 aliphatic rings. The molecule has 0 unspecified atom stereocenters. The number of nitrogen functional groups attached to an aromatic ring is 1. The number of halogens is 1. The zero-order chi connectivity index (χ0) is 12.6. The van der Waals surface area contributed by atoms with Gasteiger partial charge in [0, 0.05) is 5.56 Å². The Kier molecular flexibility index (Phi) is 2.78. The number of sulfonamides is 1. The highest BCUT2D eigenvalue weighted by Crippen LogP contribution is 2.27. The number of carbonyl (C=O) groups is 1. The van der Waals surface area contributed by atoms with Crippen LogP contribution in [0.4, 0.5) is 10.1 Å². The van der Waals surface area contributed by atoms with Gasteiger partial charge in [-0.15, -0.1) is 0 Å². The molecule has 0 heterocycles. The summed E-state index contributed by atoms with van der Waals surface area (Å²) < 4.78 is 38.0. The maximum Gasteiger partial charge on any atom is 0.264 e. The average Bonchev–Trinajstić information content (AvgIpc) is 3.04. The van der Waals surface area contributed by atoms with Gasteiger partial charge in [0.2, 0.25) is 10.0 Å². The molecule has 5 nitrogen and oxygen atoms in total. The molecule has 1 aliphatic carbocycles. The van der Waals surface area contributed by atoms with E-state index in [0.29, 0.717) is 12.8 Å². The van der Waals surface area contributed by atoms with Gasteiger partial charge < -0.3 is 5.73 Å². The van der Waals surface area contributed by atoms with Crippen LogP contribution in [-0.4, -0.2) is 19.6 Å². The fourth-order valence-corrected chi connectivity index (χ4v) is 2.62. The maximum atomic E-state index is 13.1. The molecule has 7 heteroatoms. The van der Waals surface area contributed by atoms with Gasteiger partial charge in [0.1, 0.15) is 5.82 Å². The predicted octanol–water partition coefficient (Wildman–Crippen LogP) is 0.630. The first kappa shape index (κ1) is 11.8. The molecule has 0 bridgehead atoms. The Hall–Kier alpha value is -1.63. The molecule has 2 rings (SSSR count). The molecule has 0 saturated heterocycles. The third-order valence-corrected chi connectivity index (χ3v) is 4.28. The van der Waals surface area contributed by atoms with Crippen molar-refractivity contribution in [1.29, 1.82) is 0 Å². The van der Waals surface area contributed by atoms with Gasteiger partial charge in [0.15, 0.2) is 0 Å². The molecule has 3 N–H and O–H groups in total. The van der Waals surface area contributed by atoms with Crippen LogP contribution in [0.5, 0.6) is 0 Å². The van der Waals surface area contributed by atoms with Crippen molar-refractivity contribution in [2.45, 2.75) is 18.1 Å². The minimum Gasteiger partial charge on any atom is -0.396 e. The van der Waals surface area contributed by atoms with Crippen LogP contribution >= 0.6 is 0 Å². The summed E-state index contributed by atoms with van der Waals surface area (Å²) >= 11 is 0. The summed E-state index contributed by atoms with van der Waals surface area (Å²) in [4.78, 5) is 11.6. The summed E-state index contributed by atoms with van der Waals surface area (Å²) in [6.07, 6.45) is 1.11. The van der Waals surface area contributed by atoms with Crippen molar-refractivity contribution in [1.82, 2.24) is 4.72 Å². The summed E-state index contributed by atoms with van der Waals surface area (Å²) in [7, 11) is -3.61. The number of hydrogen-bond donors (Lipinski definition) is 2. The monoisotopic (exact) mass is 258 g/mol. The second kappa shape index (κ2) is 3.99. The van der Waals surface area contributed by atoms with E-state index in [9.17, 15) is 17.6 Å². The highest BCUT2D eigenvalue weighted by atomic mass is 32.2. The van der Waals surface area contributed by atoms with E-state index in [1.165, 1.54) is 12.1 Å². The minimum atomic E-state index is -3.61. The van der Waals surface area contributed by atoms with E-state index in [0.717, 1.165) is 6.07 Å². The molecule has 0 radical (unpaired) electrons. The number of rotatable bonds is 3. The van der Waals surface area contributed by atoms with E-state index in [1.54, 1.807) is 0 Å². The van der Waals surface area contributed by atoms with Crippen molar-refractivity contribution < 1.29 is 17.6 Å². The Balaban J connectivity index is 2.17. The van der Waals surface area contributed by atoms with Crippen molar-refractivity contribution in [2.24, 2.45) is 0 Å². The van der Waals surface area contributed by atoms with Gasteiger partial charge in [0.05, 0.1) is 10.9 Å². The van der Waals surface area contributed by atoms with Crippen LogP contribution in [0.3, 0.4) is 0 Å². The highest BCUT2D eigenvalue weighted by Gasteiger charge is 2.36. The van der Waals surface area contributed by atoms with Crippen LogP contribution in [0.25, 0.3) is 0 Å². The molecule has 1 amide bonds. The standard InChI is InChI=1S/C10H11FN2O3S/c11-8-5-6(1-4-9(8)12)10(14)13-17(15,16)7-2-3-7/h1,4-5,7H,2-3,12H2,(H,13,14). The minimum absolute atomic E-state index is 0.0686. The molecule has 1 saturated carbocycles. The van der Waals surface area contributed by atoms with Crippen LogP contribution in [0.1, 0.15) is 23.2 Å². The number of nitrogens with two attached hydrogens (primary N) is 1. The van der Waals surface area contributed by atoms with Crippen molar-refractivity contribution in [3.8, 4) is 0 Å². The molecule has 17 heavy (non-hydrogen) atoms. The van der Waals surface area contributed by atoms with E-state index in [-0.39, 0.29) is 11.3 Å². The fraction of sp³-hybridized carbons (Fsp3) is 0.300. The van der Waals surface area contributed by atoms with Crippen molar-refractivity contribution in [3.05, 3.63) is 29.6 Å². The van der Waals surface area contributed by atoms with Crippen molar-refractivity contribution in [3.63, 3.8) is 0 Å². The van der Waals surface area contributed by atoms with E-state index in [2.05, 4.69) is 0 Å². The number of carbonyl (C=O) groups excluding carboxylic acids is 1. The number of benzene rings is 1. The lowest BCUT2D eigenvalue weighted by Gasteiger charge is -2.06. The molecule has 0 spiro atoms. The second-order valence-corrected chi connectivity index (χ2v) is 5.87. The summed E-state index contributed by atoms with van der Waals surface area (Å²) in [5.74, 6) is -1.59. The van der Waals surface area contributed by atoms with Crippen LogP contribution in [-0.2, 0) is 10.0 Å². The molecule has 92 valence electrons. The lowest BCUT2D eigenvalue weighted by Crippen LogP contribution is -2.33. The summed E-state index contributed by atoms with van der Waals surface area (Å²) in [5, 5.41) is -0.495. The number of amides is 1. The van der Waals surface area contributed by atoms with Gasteiger partial charge >= 0.3 is 0 Å². The molecule has 0 aliphatic heterocycles. The van der Waals surface area contributed by atoms with Gasteiger partial charge in [-0.1, -0.05) is 0 Å². The third kappa shape index (κ3) is 2.55. The van der Waals surface area contributed by atoms with Gasteiger partial charge in [-0.2, -0.15) is 0 Å². The average molecular weight is 258 g/mol. The lowest BCUT2D eigenvalue weighted by molar-refractivity contribution is 0.0981. The molecule has 1 fully saturated rings. The Bertz CT molecular complexity index is 567. The van der Waals surface area contributed by atoms with Crippen LogP contribution in [0.15, 0.2) is 18.2 Å². The fourth-order valence-electron chi connectivity index (χ4n) is 1.32. The van der Waals surface area contributed by atoms with E-state index in [4.69, 9.17) is 5.73 Å². The second-order valence-electron chi connectivity index (χ2n) is 3.91. The Morgan fingerprint density at radius 3 is 2.59 bits per heavy atom. The zero-order valence-corrected chi connectivity index (χ0v) is 9.63. The normalized spacial score (nSPS) is 15.6. The summed E-state index contributed by atoms with van der Waals surface area (Å²) in [5.41, 5.74) is 5.09. The van der Waals surface area contributed by atoms with Gasteiger partial charge in [-0.3, -0.25) is 4.79 Å². The third-order valence-electron chi connectivity index (χ3n) is 2.46. The SMILES string of the molecule is Nc1ccc(C(=O)NS(=O)(=O)C2CC2)cc1F. The number of nitrogens with one attached hydrogen (secondary N) is 1. The van der Waals surface area contributed by atoms with Crippen molar-refractivity contribution >= 4 is 21.6 Å². The lowest BCUT2D eigenvalue weighted by atomic mass is 10.2. The highest BCUT2D eigenvalue weighted by molar-refractivity contribution is 7.91. The molecule has 0 atom stereocenters. The summed E-state index contributed by atoms with van der Waals surface area (Å²) in [6.45, 7) is 0. The topological polar surface area (TPSA) is 89.3 Å². The Morgan fingerprint density at radius 1 is 1.41 bits per heavy atom. The smallest absolute Gasteiger partial charge is 0.264 e. The summed E-state index contributed by atoms with van der Waals surface area (Å²) in [6, 6.07) is 3.40. The molecular weight excluding hydrogens is 247 g/mol. The van der Waals surface area contributed by atoms with Crippen LogP contribution in [0.2, 0.25) is 0 Å². The number of anilines is 1. The number of hydrogen-bond acceptors (Lipinski definition) is 4. The Morgan fingerprint density at radius 2 is 2.06 bits per heavy atom.